The largest absolute Gasteiger partial charge is 0.534 e. The van der Waals surface area contributed by atoms with Crippen molar-refractivity contribution < 1.29 is 52.7 Å². The summed E-state index contributed by atoms with van der Waals surface area (Å²) in [6.07, 6.45) is 0. The smallest absolute Gasteiger partial charge is 0.456 e. The lowest BCUT2D eigenvalue weighted by atomic mass is 9.77. The molecule has 1 fully saturated rings. The van der Waals surface area contributed by atoms with Crippen molar-refractivity contribution in [3.8, 4) is 39.1 Å². The normalized spacial score (nSPS) is 13.0. The molecule has 18 heteroatoms. The molecule has 24 aromatic rings. The summed E-state index contributed by atoms with van der Waals surface area (Å²) in [7, 11) is -6.49. The third kappa shape index (κ3) is 16.5. The first kappa shape index (κ1) is 87.9. The van der Waals surface area contributed by atoms with E-state index in [1.807, 2.05) is 181 Å². The molecular weight excluding hydrogens is 1780 g/mol. The van der Waals surface area contributed by atoms with Gasteiger partial charge in [-0.25, -0.2) is 0 Å². The minimum Gasteiger partial charge on any atom is -0.456 e. The topological polar surface area (TPSA) is 127 Å². The quantitative estimate of drug-likeness (QED) is 0.0460. The van der Waals surface area contributed by atoms with E-state index in [9.17, 15) is 21.6 Å². The Bertz CT molecular complexity index is 8960. The predicted octanol–water partition coefficient (Wildman–Crippen LogP) is 34.4. The van der Waals surface area contributed by atoms with Crippen LogP contribution in [0.1, 0.15) is 27.7 Å². The fourth-order valence-electron chi connectivity index (χ4n) is 19.3. The summed E-state index contributed by atoms with van der Waals surface area (Å²) in [6, 6.07) is 154. The number of anilines is 12. The van der Waals surface area contributed by atoms with Gasteiger partial charge >= 0.3 is 22.7 Å². The number of fused-ring (bicyclic) bond motifs is 14. The summed E-state index contributed by atoms with van der Waals surface area (Å²) < 4.78 is 110. The highest BCUT2D eigenvalue weighted by molar-refractivity contribution is 7.88. The van der Waals surface area contributed by atoms with Crippen LogP contribution >= 0.6 is 0 Å². The molecule has 20 aromatic carbocycles. The maximum Gasteiger partial charge on any atom is 0.534 e. The number of furan rings is 4. The van der Waals surface area contributed by atoms with Crippen LogP contribution < -0.4 is 29.2 Å². The molecule has 0 N–H and O–H groups in total. The highest BCUT2D eigenvalue weighted by atomic mass is 32.2. The fraction of sp³-hybridized carbons (Fsp3) is 0.0569. The minimum atomic E-state index is -6.08. The van der Waals surface area contributed by atoms with Gasteiger partial charge in [-0.15, -0.1) is 0 Å². The van der Waals surface area contributed by atoms with Crippen LogP contribution in [0.3, 0.4) is 0 Å². The summed E-state index contributed by atoms with van der Waals surface area (Å²) >= 11 is 0. The van der Waals surface area contributed by atoms with Crippen LogP contribution in [0.4, 0.5) is 81.4 Å². The van der Waals surface area contributed by atoms with Gasteiger partial charge in [0.15, 0.2) is 5.75 Å². The van der Waals surface area contributed by atoms with Crippen molar-refractivity contribution in [2.75, 3.05) is 19.6 Å². The van der Waals surface area contributed by atoms with Gasteiger partial charge in [0.05, 0.1) is 28.3 Å². The summed E-state index contributed by atoms with van der Waals surface area (Å²) in [4.78, 5) is 8.39. The molecule has 0 saturated carbocycles. The van der Waals surface area contributed by atoms with Gasteiger partial charge in [0.25, 0.3) is 0 Å². The molecule has 13 nitrogen and oxygen atoms in total. The predicted molar refractivity (Wildman–Crippen MR) is 570 cm³/mol. The van der Waals surface area contributed by atoms with Crippen molar-refractivity contribution in [2.45, 2.75) is 44.4 Å². The van der Waals surface area contributed by atoms with Crippen LogP contribution in [0.25, 0.3) is 143 Å². The van der Waals surface area contributed by atoms with Gasteiger partial charge in [0.2, 0.25) is 0 Å². The monoisotopic (exact) mass is 1860 g/mol. The van der Waals surface area contributed by atoms with Gasteiger partial charge < -0.3 is 50.8 Å². The standard InChI is InChI=1S/C58H38N2O2.C41H27F3N2O4S.C24H23BO3/c1-4-18-40(19-5-1)50-36-42(37-52-49-26-13-15-30-55(49)62-58(50)52)47-27-16-28-53(57(47)60(44-23-8-3-9-24-44)45-32-31-39-17-10-11-20-41(39)35-45)59(43-21-6-2-7-22-43)46-33-34-56-51(38-46)48-25-12-14-29-54(48)61-56;42-41(43,44)51(47,48)50-39-21-11-19-36(40(39)46(31-16-5-2-6-17-31)32-23-22-28-12-7-8-13-29(28)26-32)45(30-14-3-1-4-15-30)33-24-25-38-35(27-33)34-18-9-10-20-37(34)49-38;1-23(2)24(3,4)28-25(27-23)17-14-19(16-10-6-5-7-11-16)22-20(15-17)18-12-8-9-13-21(18)26-22/h1-38H;1-27H;5-15H,1-4H3. The number of hydrogen-bond donors (Lipinski definition) is 0. The zero-order chi connectivity index (χ0) is 95.7. The van der Waals surface area contributed by atoms with E-state index in [4.69, 9.17) is 31.2 Å². The average Bonchev–Trinajstić information content (AvgIpc) is 1.69. The van der Waals surface area contributed by atoms with Crippen molar-refractivity contribution in [1.29, 1.82) is 0 Å². The fourth-order valence-corrected chi connectivity index (χ4v) is 19.7. The molecule has 0 amide bonds. The van der Waals surface area contributed by atoms with Gasteiger partial charge in [-0.3, -0.25) is 0 Å². The Morgan fingerprint density at radius 1 is 0.262 bits per heavy atom. The van der Waals surface area contributed by atoms with Crippen LogP contribution in [0.2, 0.25) is 0 Å². The van der Waals surface area contributed by atoms with Gasteiger partial charge in [-0.1, -0.05) is 297 Å². The van der Waals surface area contributed by atoms with Crippen LogP contribution in [-0.4, -0.2) is 32.2 Å². The van der Waals surface area contributed by atoms with Crippen LogP contribution in [-0.2, 0) is 19.4 Å². The number of rotatable bonds is 18. The molecule has 0 spiro atoms. The lowest BCUT2D eigenvalue weighted by Crippen LogP contribution is -2.41. The summed E-state index contributed by atoms with van der Waals surface area (Å²) in [5.74, 6) is -0.516. The maximum absolute atomic E-state index is 14.0. The first-order valence-corrected chi connectivity index (χ1v) is 48.0. The Labute approximate surface area is 811 Å². The van der Waals surface area contributed by atoms with Crippen molar-refractivity contribution in [3.63, 3.8) is 0 Å². The summed E-state index contributed by atoms with van der Waals surface area (Å²) in [5.41, 5.74) is 16.7. The van der Waals surface area contributed by atoms with Crippen LogP contribution in [0.5, 0.6) is 5.75 Å². The molecule has 684 valence electrons. The van der Waals surface area contributed by atoms with Gasteiger partial charge in [-0.2, -0.15) is 21.6 Å². The molecule has 5 heterocycles. The first-order chi connectivity index (χ1) is 68.8. The van der Waals surface area contributed by atoms with Crippen LogP contribution in [0.15, 0.2) is 479 Å². The van der Waals surface area contributed by atoms with Crippen molar-refractivity contribution in [2.24, 2.45) is 0 Å². The van der Waals surface area contributed by atoms with E-state index < -0.39 is 28.5 Å². The Morgan fingerprint density at radius 2 is 0.603 bits per heavy atom. The van der Waals surface area contributed by atoms with Crippen molar-refractivity contribution in [1.82, 2.24) is 0 Å². The number of para-hydroxylation sites is 10. The van der Waals surface area contributed by atoms with Crippen molar-refractivity contribution >= 4 is 200 Å². The van der Waals surface area contributed by atoms with Crippen LogP contribution in [0, 0.1) is 0 Å². The SMILES string of the molecule is CC1(C)OB(c2cc(-c3ccccc3)c3oc4ccccc4c3c2)OC1(C)C.O=S(=O)(Oc1cccc(N(c2ccccc2)c2ccc3oc4ccccc4c3c2)c1N(c1ccccc1)c1ccc2ccccc2c1)C(F)(F)F.c1ccc(-c2cc(-c3cccc(N(c4ccccc4)c4ccc5oc6ccccc6c5c4)c3N(c3ccccc3)c3ccc4ccccc4c3)cc3c2oc2ccccc23)cc1. The second-order valence-electron chi connectivity index (χ2n) is 35.9. The zero-order valence-electron chi connectivity index (χ0n) is 77.0. The molecule has 0 aliphatic carbocycles. The molecular formula is C123H88BF3N4O9S. The first-order valence-electron chi connectivity index (χ1n) is 46.6. The van der Waals surface area contributed by atoms with Gasteiger partial charge in [-0.05, 0) is 235 Å². The molecule has 1 aliphatic rings. The van der Waals surface area contributed by atoms with E-state index in [1.165, 1.54) is 22.9 Å². The van der Waals surface area contributed by atoms with E-state index in [0.29, 0.717) is 39.6 Å². The number of alkyl halides is 3. The number of hydrogen-bond acceptors (Lipinski definition) is 13. The molecule has 0 radical (unpaired) electrons. The van der Waals surface area contributed by atoms with E-state index in [0.717, 1.165) is 160 Å². The molecule has 141 heavy (non-hydrogen) atoms. The van der Waals surface area contributed by atoms with E-state index in [-0.39, 0.29) is 16.9 Å². The molecule has 0 atom stereocenters. The molecule has 1 saturated heterocycles. The maximum atomic E-state index is 14.0. The van der Waals surface area contributed by atoms with E-state index in [2.05, 4.69) is 280 Å². The lowest BCUT2D eigenvalue weighted by Gasteiger charge is -2.35. The molecule has 0 unspecified atom stereocenters. The third-order valence-electron chi connectivity index (χ3n) is 26.7. The second kappa shape index (κ2) is 36.1. The third-order valence-corrected chi connectivity index (χ3v) is 27.6. The van der Waals surface area contributed by atoms with E-state index in [1.54, 1.807) is 35.2 Å². The molecule has 0 bridgehead atoms. The Balaban J connectivity index is 0.000000126. The summed E-state index contributed by atoms with van der Waals surface area (Å²) in [5, 5.41) is 12.4. The number of halogens is 3. The number of benzene rings is 20. The zero-order valence-corrected chi connectivity index (χ0v) is 77.8. The Kier molecular flexibility index (Phi) is 22.5. The Hall–Kier alpha value is -17.2. The highest BCUT2D eigenvalue weighted by Gasteiger charge is 2.52. The molecule has 1 aliphatic heterocycles. The minimum absolute atomic E-state index is 0.0628. The van der Waals surface area contributed by atoms with Gasteiger partial charge in [0.1, 0.15) is 50.4 Å². The number of nitrogens with zero attached hydrogens (tertiary/aromatic N) is 4. The Morgan fingerprint density at radius 3 is 1.05 bits per heavy atom. The van der Waals surface area contributed by atoms with Gasteiger partial charge in [0, 0.05) is 105 Å². The van der Waals surface area contributed by atoms with Crippen molar-refractivity contribution in [3.05, 3.63) is 461 Å². The average molecular weight is 1870 g/mol. The summed E-state index contributed by atoms with van der Waals surface area (Å²) in [6.45, 7) is 8.32. The van der Waals surface area contributed by atoms with E-state index >= 15 is 0 Å². The highest BCUT2D eigenvalue weighted by Crippen LogP contribution is 2.56. The molecule has 4 aromatic heterocycles. The second-order valence-corrected chi connectivity index (χ2v) is 37.5. The lowest BCUT2D eigenvalue weighted by molar-refractivity contribution is -0.0499. The molecule has 25 rings (SSSR count).